The Bertz CT molecular complexity index is 8950. The van der Waals surface area contributed by atoms with E-state index in [1.54, 1.807) is 0 Å². The van der Waals surface area contributed by atoms with Gasteiger partial charge in [0, 0.05) is 60.7 Å². The van der Waals surface area contributed by atoms with Gasteiger partial charge in [-0.1, -0.05) is 109 Å². The summed E-state index contributed by atoms with van der Waals surface area (Å²) in [5, 5.41) is 10.2. The zero-order valence-electron chi connectivity index (χ0n) is 72.8. The van der Waals surface area contributed by atoms with Crippen LogP contribution in [0.5, 0.6) is 0 Å². The maximum Gasteiger partial charge on any atom is 0.216 e. The summed E-state index contributed by atoms with van der Waals surface area (Å²) >= 11 is 0. The van der Waals surface area contributed by atoms with Gasteiger partial charge in [-0.05, 0) is 214 Å². The van der Waals surface area contributed by atoms with E-state index in [1.807, 2.05) is 140 Å². The molecular formula is C113H88N5O10+5. The van der Waals surface area contributed by atoms with Gasteiger partial charge >= 0.3 is 0 Å². The zero-order valence-corrected chi connectivity index (χ0v) is 72.8. The third-order valence-electron chi connectivity index (χ3n) is 25.1. The Morgan fingerprint density at radius 2 is 0.469 bits per heavy atom. The quantitative estimate of drug-likeness (QED) is 0.147. The minimum atomic E-state index is 0.814. The Balaban J connectivity index is 0.0000000945. The predicted octanol–water partition coefficient (Wildman–Crippen LogP) is 27.9. The van der Waals surface area contributed by atoms with Crippen molar-refractivity contribution < 1.29 is 67.0 Å². The summed E-state index contributed by atoms with van der Waals surface area (Å²) in [6.45, 7) is 14.9. The van der Waals surface area contributed by atoms with E-state index in [2.05, 4.69) is 283 Å². The third-order valence-corrected chi connectivity index (χ3v) is 25.1. The highest BCUT2D eigenvalue weighted by molar-refractivity contribution is 6.19. The molecule has 0 amide bonds. The Kier molecular flexibility index (Phi) is 18.8. The van der Waals surface area contributed by atoms with E-state index in [9.17, 15) is 0 Å². The van der Waals surface area contributed by atoms with Crippen LogP contribution in [0.1, 0.15) is 38.9 Å². The van der Waals surface area contributed by atoms with Gasteiger partial charge in [0.2, 0.25) is 28.5 Å². The fourth-order valence-electron chi connectivity index (χ4n) is 18.4. The van der Waals surface area contributed by atoms with Gasteiger partial charge in [0.25, 0.3) is 0 Å². The molecule has 0 aliphatic rings. The number of nitrogens with zero attached hydrogens (tertiary/aromatic N) is 5. The lowest BCUT2D eigenvalue weighted by Crippen LogP contribution is -2.30. The number of aryl methyl sites for hydroxylation is 12. The number of furan rings is 10. The van der Waals surface area contributed by atoms with Gasteiger partial charge in [0.1, 0.15) is 74.3 Å². The van der Waals surface area contributed by atoms with Crippen LogP contribution >= 0.6 is 0 Å². The summed E-state index contributed by atoms with van der Waals surface area (Å²) < 4.78 is 72.6. The molecule has 0 aliphatic carbocycles. The molecule has 15 heteroatoms. The topological polar surface area (TPSA) is 151 Å². The van der Waals surface area contributed by atoms with Crippen molar-refractivity contribution in [3.8, 4) is 67.4 Å². The number of hydrogen-bond acceptors (Lipinski definition) is 10. The second-order valence-corrected chi connectivity index (χ2v) is 33.6. The van der Waals surface area contributed by atoms with Crippen molar-refractivity contribution >= 4 is 166 Å². The van der Waals surface area contributed by atoms with Gasteiger partial charge < -0.3 is 44.2 Å². The molecule has 15 heterocycles. The summed E-state index contributed by atoms with van der Waals surface area (Å²) in [6, 6.07) is 97.2. The molecule has 0 saturated heterocycles. The number of fused-ring (bicyclic) bond motifs is 25. The molecule has 620 valence electrons. The molecule has 0 aliphatic heterocycles. The van der Waals surface area contributed by atoms with Gasteiger partial charge in [0.15, 0.2) is 104 Å². The molecule has 0 unspecified atom stereocenters. The average molecular weight is 1680 g/mol. The van der Waals surface area contributed by atoms with Crippen LogP contribution in [0.15, 0.2) is 360 Å². The molecule has 0 N–H and O–H groups in total. The highest BCUT2D eigenvalue weighted by Crippen LogP contribution is 2.47. The monoisotopic (exact) mass is 1670 g/mol. The molecule has 15 nitrogen and oxygen atoms in total. The van der Waals surface area contributed by atoms with Crippen molar-refractivity contribution in [3.05, 3.63) is 355 Å². The van der Waals surface area contributed by atoms with Crippen LogP contribution < -0.4 is 22.8 Å². The van der Waals surface area contributed by atoms with Crippen LogP contribution in [0.3, 0.4) is 0 Å². The second-order valence-electron chi connectivity index (χ2n) is 33.6. The molecule has 26 rings (SSSR count). The maximum atomic E-state index is 6.47. The molecule has 128 heavy (non-hydrogen) atoms. The number of para-hydroxylation sites is 5. The van der Waals surface area contributed by atoms with E-state index in [0.717, 1.165) is 205 Å². The zero-order chi connectivity index (χ0) is 87.0. The van der Waals surface area contributed by atoms with Crippen LogP contribution in [0, 0.1) is 48.5 Å². The molecule has 0 bridgehead atoms. The average Bonchev–Trinajstić information content (AvgIpc) is 1.68. The first kappa shape index (κ1) is 77.9. The van der Waals surface area contributed by atoms with Crippen molar-refractivity contribution in [1.29, 1.82) is 0 Å². The van der Waals surface area contributed by atoms with Gasteiger partial charge in [0.05, 0.1) is 81.7 Å². The summed E-state index contributed by atoms with van der Waals surface area (Å²) in [5.74, 6) is 0. The predicted molar refractivity (Wildman–Crippen MR) is 509 cm³/mol. The van der Waals surface area contributed by atoms with Crippen LogP contribution in [-0.2, 0) is 35.2 Å². The fourth-order valence-corrected chi connectivity index (χ4v) is 18.4. The molecule has 0 saturated carbocycles. The van der Waals surface area contributed by atoms with E-state index in [-0.39, 0.29) is 0 Å². The molecule has 11 aromatic carbocycles. The standard InChI is InChI=1S/C27H20NO2.2C22H18NO2.2C21H16NO2/c1-17-12-13-21-25(30-26-20-10-6-7-11-23(20)29-27(21)26)24(17)22-16-19(14-15-28(22)2)18-8-4-3-5-9-18;1-13-8-9-23(3)18(10-13)16-12-20-17(11-14(16)2)22-21(25-20)15-6-4-5-7-19(15)24-22;1-13-10-11-23(3)17(12-13)19-14(2)8-9-16-20(19)25-21-15-6-4-5-7-18(15)24-22(16)21;1-13-10-11-15-19(18(13)16-8-5-6-12-22(16)2)24-20-14-7-3-4-9-17(14)23-21(15)20;1-13-11-16-19(12-15(13)17-8-5-6-10-22(17)2)24-20-14-7-3-4-9-18(14)23-21(16)20/h3-16H,1-2H3;2*4-12H,1-3H3;2*3-12H,1-2H3/q5*+1. The van der Waals surface area contributed by atoms with E-state index < -0.39 is 0 Å². The summed E-state index contributed by atoms with van der Waals surface area (Å²) in [7, 11) is 10.3. The van der Waals surface area contributed by atoms with E-state index in [0.29, 0.717) is 0 Å². The lowest BCUT2D eigenvalue weighted by atomic mass is 9.99. The second kappa shape index (κ2) is 31.0. The van der Waals surface area contributed by atoms with E-state index in [1.165, 1.54) is 66.9 Å². The number of hydrogen-bond donors (Lipinski definition) is 0. The Morgan fingerprint density at radius 1 is 0.172 bits per heavy atom. The lowest BCUT2D eigenvalue weighted by Gasteiger charge is -2.08. The third kappa shape index (κ3) is 13.1. The first-order chi connectivity index (χ1) is 62.4. The lowest BCUT2D eigenvalue weighted by molar-refractivity contribution is -0.660. The first-order valence-electron chi connectivity index (χ1n) is 43.0. The van der Waals surface area contributed by atoms with Gasteiger partial charge in [-0.2, -0.15) is 0 Å². The van der Waals surface area contributed by atoms with Crippen molar-refractivity contribution in [2.75, 3.05) is 0 Å². The van der Waals surface area contributed by atoms with Crippen LogP contribution in [0.4, 0.5) is 0 Å². The van der Waals surface area contributed by atoms with Crippen molar-refractivity contribution in [2.24, 2.45) is 35.2 Å². The van der Waals surface area contributed by atoms with E-state index in [4.69, 9.17) is 44.2 Å². The smallest absolute Gasteiger partial charge is 0.216 e. The van der Waals surface area contributed by atoms with Crippen molar-refractivity contribution in [1.82, 2.24) is 0 Å². The van der Waals surface area contributed by atoms with Crippen LogP contribution in [0.25, 0.3) is 233 Å². The van der Waals surface area contributed by atoms with Gasteiger partial charge in [-0.3, -0.25) is 0 Å². The SMILES string of the molecule is Cc1cc2c(cc1-c1cccc[n+]1C)oc1c3ccccc3oc21.Cc1cc[n+](C)c(-c2c(C)ccc3c2oc2c4ccccc4oc32)c1.Cc1cc[n+](C)c(-c2cc3oc4c5ccccc5oc4c3cc2C)c1.Cc1ccc2c(oc3c4ccccc4oc23)c1-c1cc(-c2ccccc2)cc[n+]1C.Cc1ccc2c(oc3c4ccccc4oc23)c1-c1cccc[n+]1C. The summed E-state index contributed by atoms with van der Waals surface area (Å²) in [6.07, 6.45) is 10.4. The molecule has 15 aromatic heterocycles. The molecule has 0 spiro atoms. The molecule has 0 fully saturated rings. The fraction of sp³-hybridized carbons (Fsp3) is 0.106. The highest BCUT2D eigenvalue weighted by Gasteiger charge is 2.30. The highest BCUT2D eigenvalue weighted by atomic mass is 16.4. The minimum Gasteiger partial charge on any atom is -0.452 e. The van der Waals surface area contributed by atoms with E-state index >= 15 is 0 Å². The van der Waals surface area contributed by atoms with Crippen LogP contribution in [-0.4, -0.2) is 0 Å². The summed E-state index contributed by atoms with van der Waals surface area (Å²) in [5.41, 5.74) is 39.1. The largest absolute Gasteiger partial charge is 0.452 e. The Morgan fingerprint density at radius 3 is 0.875 bits per heavy atom. The van der Waals surface area contributed by atoms with Gasteiger partial charge in [-0.15, -0.1) is 0 Å². The molecule has 0 atom stereocenters. The molecular weight excluding hydrogens is 1590 g/mol. The van der Waals surface area contributed by atoms with Crippen molar-refractivity contribution in [2.45, 2.75) is 48.5 Å². The van der Waals surface area contributed by atoms with Crippen molar-refractivity contribution in [3.63, 3.8) is 0 Å². The molecule has 26 aromatic rings. The number of pyridine rings is 5. The number of rotatable bonds is 6. The Hall–Kier alpha value is -16.1. The number of benzene rings is 11. The first-order valence-corrected chi connectivity index (χ1v) is 43.0. The number of aromatic nitrogens is 5. The summed E-state index contributed by atoms with van der Waals surface area (Å²) in [4.78, 5) is 0. The normalized spacial score (nSPS) is 11.8. The van der Waals surface area contributed by atoms with Crippen LogP contribution in [0.2, 0.25) is 0 Å². The minimum absolute atomic E-state index is 0.814. The van der Waals surface area contributed by atoms with Gasteiger partial charge in [-0.25, -0.2) is 22.8 Å². The Labute approximate surface area is 734 Å². The molecule has 0 radical (unpaired) electrons. The maximum absolute atomic E-state index is 6.47.